The van der Waals surface area contributed by atoms with Gasteiger partial charge in [-0.3, -0.25) is 9.59 Å². The lowest BCUT2D eigenvalue weighted by molar-refractivity contribution is -0.115. The maximum absolute atomic E-state index is 13.6. The molecule has 1 aliphatic rings. The van der Waals surface area contributed by atoms with Crippen molar-refractivity contribution in [2.75, 3.05) is 10.6 Å². The SMILES string of the molecule is CCC(=O)Nc1ccc(C)c(NC(=O)c2cc(C3CC3)nc3c2c(C)nn3-c2ccccn2)c1. The van der Waals surface area contributed by atoms with Gasteiger partial charge in [-0.2, -0.15) is 9.78 Å². The van der Waals surface area contributed by atoms with Gasteiger partial charge in [0.05, 0.1) is 16.6 Å². The molecule has 1 aliphatic carbocycles. The molecule has 1 aromatic carbocycles. The molecule has 2 N–H and O–H groups in total. The first-order chi connectivity index (χ1) is 16.4. The highest BCUT2D eigenvalue weighted by Crippen LogP contribution is 2.41. The molecule has 0 bridgehead atoms. The number of anilines is 2. The van der Waals surface area contributed by atoms with E-state index in [1.165, 1.54) is 0 Å². The summed E-state index contributed by atoms with van der Waals surface area (Å²) in [7, 11) is 0. The van der Waals surface area contributed by atoms with Gasteiger partial charge in [0.15, 0.2) is 11.5 Å². The van der Waals surface area contributed by atoms with Crippen LogP contribution in [0.1, 0.15) is 59.4 Å². The van der Waals surface area contributed by atoms with Gasteiger partial charge in [0.1, 0.15) is 0 Å². The van der Waals surface area contributed by atoms with Gasteiger partial charge in [-0.25, -0.2) is 9.97 Å². The van der Waals surface area contributed by atoms with E-state index in [1.54, 1.807) is 23.9 Å². The predicted octanol–water partition coefficient (Wildman–Crippen LogP) is 4.91. The summed E-state index contributed by atoms with van der Waals surface area (Å²) in [4.78, 5) is 34.7. The fourth-order valence-electron chi connectivity index (χ4n) is 3.99. The molecule has 1 saturated carbocycles. The van der Waals surface area contributed by atoms with Crippen LogP contribution in [0.5, 0.6) is 0 Å². The Hall–Kier alpha value is -4.07. The average molecular weight is 455 g/mol. The lowest BCUT2D eigenvalue weighted by Gasteiger charge is -2.13. The lowest BCUT2D eigenvalue weighted by Crippen LogP contribution is -2.15. The van der Waals surface area contributed by atoms with Gasteiger partial charge in [0, 0.05) is 35.6 Å². The van der Waals surface area contributed by atoms with Crippen molar-refractivity contribution in [3.05, 3.63) is 71.2 Å². The van der Waals surface area contributed by atoms with Gasteiger partial charge >= 0.3 is 0 Å². The maximum atomic E-state index is 13.6. The van der Waals surface area contributed by atoms with Gasteiger partial charge in [0.25, 0.3) is 5.91 Å². The fraction of sp³-hybridized carbons (Fsp3) is 0.269. The van der Waals surface area contributed by atoms with Crippen molar-refractivity contribution >= 4 is 34.2 Å². The molecular weight excluding hydrogens is 428 g/mol. The minimum atomic E-state index is -0.236. The second-order valence-corrected chi connectivity index (χ2v) is 8.64. The first-order valence-electron chi connectivity index (χ1n) is 11.5. The van der Waals surface area contributed by atoms with Crippen molar-refractivity contribution in [2.24, 2.45) is 0 Å². The summed E-state index contributed by atoms with van der Waals surface area (Å²) in [6, 6.07) is 13.0. The molecule has 2 amide bonds. The van der Waals surface area contributed by atoms with Gasteiger partial charge < -0.3 is 10.6 Å². The summed E-state index contributed by atoms with van der Waals surface area (Å²) in [5.41, 5.74) is 4.96. The van der Waals surface area contributed by atoms with E-state index in [0.717, 1.165) is 24.1 Å². The summed E-state index contributed by atoms with van der Waals surface area (Å²) in [6.45, 7) is 5.60. The monoisotopic (exact) mass is 454 g/mol. The van der Waals surface area contributed by atoms with Crippen molar-refractivity contribution in [3.63, 3.8) is 0 Å². The number of carbonyl (C=O) groups excluding carboxylic acids is 2. The third kappa shape index (κ3) is 4.14. The Morgan fingerprint density at radius 1 is 1.09 bits per heavy atom. The van der Waals surface area contributed by atoms with Crippen LogP contribution in [0.2, 0.25) is 0 Å². The molecule has 8 heteroatoms. The first-order valence-corrected chi connectivity index (χ1v) is 11.5. The largest absolute Gasteiger partial charge is 0.326 e. The number of amides is 2. The van der Waals surface area contributed by atoms with Crippen LogP contribution in [0, 0.1) is 13.8 Å². The minimum Gasteiger partial charge on any atom is -0.326 e. The van der Waals surface area contributed by atoms with E-state index in [1.807, 2.05) is 50.2 Å². The molecule has 172 valence electrons. The zero-order valence-electron chi connectivity index (χ0n) is 19.4. The number of carbonyl (C=O) groups is 2. The predicted molar refractivity (Wildman–Crippen MR) is 131 cm³/mol. The molecule has 3 aromatic heterocycles. The van der Waals surface area contributed by atoms with E-state index in [2.05, 4.69) is 20.7 Å². The van der Waals surface area contributed by atoms with E-state index in [-0.39, 0.29) is 11.8 Å². The van der Waals surface area contributed by atoms with Crippen LogP contribution < -0.4 is 10.6 Å². The maximum Gasteiger partial charge on any atom is 0.256 e. The van der Waals surface area contributed by atoms with Gasteiger partial charge in [-0.1, -0.05) is 19.1 Å². The van der Waals surface area contributed by atoms with Crippen LogP contribution in [0.25, 0.3) is 16.9 Å². The highest BCUT2D eigenvalue weighted by molar-refractivity contribution is 6.13. The topological polar surface area (TPSA) is 102 Å². The second kappa shape index (κ2) is 8.70. The standard InChI is InChI=1S/C26H26N6O2/c1-4-23(33)28-18-11-8-15(2)20(13-18)30-26(34)19-14-21(17-9-10-17)29-25-24(19)16(3)31-32(25)22-7-5-6-12-27-22/h5-8,11-14,17H,4,9-10H2,1-3H3,(H,28,33)(H,30,34). The second-order valence-electron chi connectivity index (χ2n) is 8.64. The number of benzene rings is 1. The molecule has 1 fully saturated rings. The summed E-state index contributed by atoms with van der Waals surface area (Å²) in [5.74, 6) is 0.698. The molecule has 8 nitrogen and oxygen atoms in total. The summed E-state index contributed by atoms with van der Waals surface area (Å²) in [5, 5.41) is 11.3. The highest BCUT2D eigenvalue weighted by atomic mass is 16.2. The number of rotatable bonds is 6. The van der Waals surface area contributed by atoms with Crippen molar-refractivity contribution in [2.45, 2.75) is 46.0 Å². The quantitative estimate of drug-likeness (QED) is 0.431. The molecule has 0 spiro atoms. The van der Waals surface area contributed by atoms with Crippen molar-refractivity contribution < 1.29 is 9.59 Å². The zero-order valence-corrected chi connectivity index (χ0v) is 19.4. The number of hydrogen-bond acceptors (Lipinski definition) is 5. The molecule has 0 saturated heterocycles. The first kappa shape index (κ1) is 21.8. The number of nitrogens with one attached hydrogen (secondary N) is 2. The molecular formula is C26H26N6O2. The van der Waals surface area contributed by atoms with Crippen LogP contribution in [0.3, 0.4) is 0 Å². The molecule has 0 unspecified atom stereocenters. The molecule has 5 rings (SSSR count). The van der Waals surface area contributed by atoms with E-state index in [0.29, 0.717) is 51.8 Å². The van der Waals surface area contributed by atoms with E-state index >= 15 is 0 Å². The van der Waals surface area contributed by atoms with E-state index < -0.39 is 0 Å². The van der Waals surface area contributed by atoms with Crippen LogP contribution in [0.15, 0.2) is 48.7 Å². The van der Waals surface area contributed by atoms with Gasteiger partial charge in [-0.05, 0) is 62.6 Å². The number of hydrogen-bond donors (Lipinski definition) is 2. The average Bonchev–Trinajstić information content (AvgIpc) is 3.64. The van der Waals surface area contributed by atoms with Gasteiger partial charge in [0.2, 0.25) is 5.91 Å². The van der Waals surface area contributed by atoms with Crippen LogP contribution in [-0.4, -0.2) is 31.6 Å². The highest BCUT2D eigenvalue weighted by Gasteiger charge is 2.29. The Bertz CT molecular complexity index is 1410. The Morgan fingerprint density at radius 2 is 1.91 bits per heavy atom. The third-order valence-electron chi connectivity index (χ3n) is 6.03. The van der Waals surface area contributed by atoms with Crippen molar-refractivity contribution in [1.29, 1.82) is 0 Å². The Morgan fingerprint density at radius 3 is 2.62 bits per heavy atom. The van der Waals surface area contributed by atoms with Crippen LogP contribution >= 0.6 is 0 Å². The third-order valence-corrected chi connectivity index (χ3v) is 6.03. The summed E-state index contributed by atoms with van der Waals surface area (Å²) >= 11 is 0. The molecule has 3 heterocycles. The number of fused-ring (bicyclic) bond motifs is 1. The number of aryl methyl sites for hydroxylation is 2. The summed E-state index contributed by atoms with van der Waals surface area (Å²) in [6.07, 6.45) is 4.22. The molecule has 0 aliphatic heterocycles. The van der Waals surface area contributed by atoms with Crippen molar-refractivity contribution in [1.82, 2.24) is 19.7 Å². The van der Waals surface area contributed by atoms with Crippen LogP contribution in [0.4, 0.5) is 11.4 Å². The van der Waals surface area contributed by atoms with Crippen LogP contribution in [-0.2, 0) is 4.79 Å². The van der Waals surface area contributed by atoms with E-state index in [4.69, 9.17) is 4.98 Å². The molecule has 4 aromatic rings. The minimum absolute atomic E-state index is 0.0800. The molecule has 0 radical (unpaired) electrons. The number of aromatic nitrogens is 4. The Balaban J connectivity index is 1.57. The molecule has 0 atom stereocenters. The smallest absolute Gasteiger partial charge is 0.256 e. The van der Waals surface area contributed by atoms with Crippen molar-refractivity contribution in [3.8, 4) is 5.82 Å². The zero-order chi connectivity index (χ0) is 23.8. The molecule has 34 heavy (non-hydrogen) atoms. The number of nitrogens with zero attached hydrogens (tertiary/aromatic N) is 4. The summed E-state index contributed by atoms with van der Waals surface area (Å²) < 4.78 is 1.71. The fourth-order valence-corrected chi connectivity index (χ4v) is 3.99. The Labute approximate surface area is 197 Å². The van der Waals surface area contributed by atoms with Gasteiger partial charge in [-0.15, -0.1) is 0 Å². The number of pyridine rings is 2. The Kier molecular flexibility index (Phi) is 5.57. The van der Waals surface area contributed by atoms with E-state index in [9.17, 15) is 9.59 Å². The lowest BCUT2D eigenvalue weighted by atomic mass is 10.1. The normalized spacial score (nSPS) is 13.1.